The van der Waals surface area contributed by atoms with E-state index in [1.54, 1.807) is 18.4 Å². The van der Waals surface area contributed by atoms with Gasteiger partial charge in [0.1, 0.15) is 5.75 Å². The molecule has 4 nitrogen and oxygen atoms in total. The Bertz CT molecular complexity index is 598. The van der Waals surface area contributed by atoms with E-state index in [1.165, 1.54) is 0 Å². The molecule has 0 saturated carbocycles. The summed E-state index contributed by atoms with van der Waals surface area (Å²) in [6, 6.07) is 11.8. The molecule has 1 atom stereocenters. The Balaban J connectivity index is 2.21. The number of rotatable bonds is 7. The van der Waals surface area contributed by atoms with Crippen LogP contribution in [-0.4, -0.2) is 24.5 Å². The summed E-state index contributed by atoms with van der Waals surface area (Å²) < 4.78 is 5.39. The van der Waals surface area contributed by atoms with Crippen LogP contribution in [0.4, 0.5) is 0 Å². The molecule has 0 fully saturated rings. The van der Waals surface area contributed by atoms with Gasteiger partial charge in [-0.15, -0.1) is 11.3 Å². The van der Waals surface area contributed by atoms with Crippen LogP contribution >= 0.6 is 11.3 Å². The maximum atomic E-state index is 12.6. The molecule has 0 radical (unpaired) electrons. The largest absolute Gasteiger partial charge is 0.496 e. The zero-order chi connectivity index (χ0) is 15.9. The van der Waals surface area contributed by atoms with Gasteiger partial charge in [0, 0.05) is 29.4 Å². The molecule has 1 aromatic carbocycles. The maximum absolute atomic E-state index is 12.6. The van der Waals surface area contributed by atoms with E-state index in [-0.39, 0.29) is 11.8 Å². The Morgan fingerprint density at radius 1 is 1.27 bits per heavy atom. The first-order valence-electron chi connectivity index (χ1n) is 7.28. The predicted molar refractivity (Wildman–Crippen MR) is 89.8 cm³/mol. The fourth-order valence-corrected chi connectivity index (χ4v) is 2.97. The summed E-state index contributed by atoms with van der Waals surface area (Å²) in [7, 11) is 1.65. The molecule has 22 heavy (non-hydrogen) atoms. The van der Waals surface area contributed by atoms with E-state index in [1.807, 2.05) is 53.6 Å². The molecule has 2 rings (SSSR count). The second kappa shape index (κ2) is 7.96. The van der Waals surface area contributed by atoms with Gasteiger partial charge in [0.25, 0.3) is 0 Å². The number of carbonyl (C=O) groups is 1. The van der Waals surface area contributed by atoms with E-state index >= 15 is 0 Å². The Hall–Kier alpha value is -1.85. The minimum atomic E-state index is -0.185. The van der Waals surface area contributed by atoms with Crippen LogP contribution in [0.25, 0.3) is 0 Å². The zero-order valence-electron chi connectivity index (χ0n) is 13.0. The molecule has 118 valence electrons. The lowest BCUT2D eigenvalue weighted by Crippen LogP contribution is -2.37. The molecule has 0 bridgehead atoms. The van der Waals surface area contributed by atoms with Crippen LogP contribution in [0.1, 0.15) is 17.4 Å². The highest BCUT2D eigenvalue weighted by Crippen LogP contribution is 2.22. The monoisotopic (exact) mass is 318 g/mol. The summed E-state index contributed by atoms with van der Waals surface area (Å²) in [6.07, 6.45) is 0. The number of benzene rings is 1. The fourth-order valence-electron chi connectivity index (χ4n) is 2.25. The molecule has 0 aliphatic rings. The highest BCUT2D eigenvalue weighted by molar-refractivity contribution is 7.09. The van der Waals surface area contributed by atoms with Crippen molar-refractivity contribution in [3.63, 3.8) is 0 Å². The van der Waals surface area contributed by atoms with E-state index < -0.39 is 0 Å². The Kier molecular flexibility index (Phi) is 5.98. The number of nitrogens with two attached hydrogens (primary N) is 1. The van der Waals surface area contributed by atoms with Crippen molar-refractivity contribution in [1.29, 1.82) is 0 Å². The van der Waals surface area contributed by atoms with Gasteiger partial charge in [-0.05, 0) is 17.5 Å². The van der Waals surface area contributed by atoms with Crippen molar-refractivity contribution in [2.45, 2.75) is 20.0 Å². The number of amides is 1. The van der Waals surface area contributed by atoms with Gasteiger partial charge < -0.3 is 15.4 Å². The lowest BCUT2D eigenvalue weighted by atomic mass is 10.1. The van der Waals surface area contributed by atoms with Crippen LogP contribution in [0.15, 0.2) is 41.8 Å². The molecular weight excluding hydrogens is 296 g/mol. The van der Waals surface area contributed by atoms with E-state index in [0.29, 0.717) is 19.6 Å². The van der Waals surface area contributed by atoms with Crippen molar-refractivity contribution in [3.05, 3.63) is 52.2 Å². The summed E-state index contributed by atoms with van der Waals surface area (Å²) in [5, 5.41) is 2.02. The average molecular weight is 318 g/mol. The molecule has 1 amide bonds. The predicted octanol–water partition coefficient (Wildman–Crippen LogP) is 2.88. The van der Waals surface area contributed by atoms with Crippen LogP contribution < -0.4 is 10.5 Å². The summed E-state index contributed by atoms with van der Waals surface area (Å²) >= 11 is 1.65. The van der Waals surface area contributed by atoms with Gasteiger partial charge in [0.2, 0.25) is 5.91 Å². The summed E-state index contributed by atoms with van der Waals surface area (Å²) in [5.41, 5.74) is 6.66. The molecule has 1 heterocycles. The molecule has 1 unspecified atom stereocenters. The van der Waals surface area contributed by atoms with E-state index in [2.05, 4.69) is 0 Å². The third-order valence-corrected chi connectivity index (χ3v) is 4.43. The van der Waals surface area contributed by atoms with Crippen molar-refractivity contribution in [2.24, 2.45) is 11.7 Å². The van der Waals surface area contributed by atoms with E-state index in [0.717, 1.165) is 16.2 Å². The van der Waals surface area contributed by atoms with Crippen molar-refractivity contribution in [1.82, 2.24) is 4.90 Å². The van der Waals surface area contributed by atoms with Gasteiger partial charge in [-0.3, -0.25) is 4.79 Å². The van der Waals surface area contributed by atoms with Gasteiger partial charge in [0.05, 0.1) is 13.7 Å². The van der Waals surface area contributed by atoms with Gasteiger partial charge in [0.15, 0.2) is 0 Å². The highest BCUT2D eigenvalue weighted by atomic mass is 32.1. The quantitative estimate of drug-likeness (QED) is 0.854. The third-order valence-electron chi connectivity index (χ3n) is 3.57. The number of para-hydroxylation sites is 1. The average Bonchev–Trinajstić information content (AvgIpc) is 3.06. The number of nitrogens with zero attached hydrogens (tertiary/aromatic N) is 1. The molecule has 0 spiro atoms. The first-order chi connectivity index (χ1) is 10.7. The molecule has 2 N–H and O–H groups in total. The Morgan fingerprint density at radius 3 is 2.68 bits per heavy atom. The van der Waals surface area contributed by atoms with Crippen molar-refractivity contribution in [2.75, 3.05) is 13.7 Å². The number of hydrogen-bond acceptors (Lipinski definition) is 4. The van der Waals surface area contributed by atoms with Gasteiger partial charge >= 0.3 is 0 Å². The number of carbonyl (C=O) groups excluding carboxylic acids is 1. The van der Waals surface area contributed by atoms with Crippen LogP contribution in [-0.2, 0) is 17.9 Å². The highest BCUT2D eigenvalue weighted by Gasteiger charge is 2.21. The number of methoxy groups -OCH3 is 1. The molecular formula is C17H22N2O2S. The fraction of sp³-hybridized carbons (Fsp3) is 0.353. The molecule has 1 aromatic heterocycles. The topological polar surface area (TPSA) is 55.6 Å². The van der Waals surface area contributed by atoms with E-state index in [9.17, 15) is 4.79 Å². The van der Waals surface area contributed by atoms with Crippen LogP contribution in [0, 0.1) is 5.92 Å². The summed E-state index contributed by atoms with van der Waals surface area (Å²) in [6.45, 7) is 3.33. The SMILES string of the molecule is COc1ccccc1CN(Cc1cccs1)C(=O)C(C)CN. The second-order valence-corrected chi connectivity index (χ2v) is 6.25. The maximum Gasteiger partial charge on any atom is 0.227 e. The minimum Gasteiger partial charge on any atom is -0.496 e. The first-order valence-corrected chi connectivity index (χ1v) is 8.16. The standard InChI is InChI=1S/C17H22N2O2S/c1-13(10-18)17(20)19(12-15-7-5-9-22-15)11-14-6-3-4-8-16(14)21-2/h3-9,13H,10-12,18H2,1-2H3. The summed E-state index contributed by atoms with van der Waals surface area (Å²) in [4.78, 5) is 15.6. The van der Waals surface area contributed by atoms with Crippen LogP contribution in [0.3, 0.4) is 0 Å². The lowest BCUT2D eigenvalue weighted by molar-refractivity contribution is -0.135. The zero-order valence-corrected chi connectivity index (χ0v) is 13.8. The van der Waals surface area contributed by atoms with Gasteiger partial charge in [-0.25, -0.2) is 0 Å². The van der Waals surface area contributed by atoms with Crippen molar-refractivity contribution >= 4 is 17.2 Å². The Morgan fingerprint density at radius 2 is 2.05 bits per heavy atom. The second-order valence-electron chi connectivity index (χ2n) is 5.22. The molecule has 0 aliphatic carbocycles. The van der Waals surface area contributed by atoms with E-state index in [4.69, 9.17) is 10.5 Å². The normalized spacial score (nSPS) is 12.0. The summed E-state index contributed by atoms with van der Waals surface area (Å²) in [5.74, 6) is 0.684. The lowest BCUT2D eigenvalue weighted by Gasteiger charge is -2.26. The molecule has 5 heteroatoms. The van der Waals surface area contributed by atoms with Crippen molar-refractivity contribution in [3.8, 4) is 5.75 Å². The van der Waals surface area contributed by atoms with Gasteiger partial charge in [-0.2, -0.15) is 0 Å². The first kappa shape index (κ1) is 16.5. The Labute approximate surface area is 135 Å². The van der Waals surface area contributed by atoms with Gasteiger partial charge in [-0.1, -0.05) is 31.2 Å². The smallest absolute Gasteiger partial charge is 0.227 e. The molecule has 2 aromatic rings. The molecule has 0 saturated heterocycles. The third kappa shape index (κ3) is 4.08. The van der Waals surface area contributed by atoms with Crippen molar-refractivity contribution < 1.29 is 9.53 Å². The number of thiophene rings is 1. The number of ether oxygens (including phenoxy) is 1. The van der Waals surface area contributed by atoms with Crippen LogP contribution in [0.2, 0.25) is 0 Å². The van der Waals surface area contributed by atoms with Crippen LogP contribution in [0.5, 0.6) is 5.75 Å². The molecule has 0 aliphatic heterocycles. The minimum absolute atomic E-state index is 0.0711. The number of hydrogen-bond donors (Lipinski definition) is 1.